The van der Waals surface area contributed by atoms with Crippen LogP contribution in [0.2, 0.25) is 5.02 Å². The minimum atomic E-state index is 0.587. The second-order valence-electron chi connectivity index (χ2n) is 4.67. The predicted octanol–water partition coefficient (Wildman–Crippen LogP) is 4.08. The molecule has 1 aromatic heterocycles. The average molecular weight is 284 g/mol. The smallest absolute Gasteiger partial charge is 0.127 e. The van der Waals surface area contributed by atoms with Crippen LogP contribution in [0.1, 0.15) is 5.56 Å². The number of nitrogens with zero attached hydrogens (tertiary/aromatic N) is 2. The fraction of sp³-hybridized carbons (Fsp3) is 0.0625. The molecule has 0 fully saturated rings. The van der Waals surface area contributed by atoms with Crippen LogP contribution in [-0.4, -0.2) is 9.78 Å². The van der Waals surface area contributed by atoms with Crippen molar-refractivity contribution in [3.63, 3.8) is 0 Å². The SMILES string of the molecule is Cc1ccc(-n2nc(-c3ccccc3)cc2N)cc1Cl. The van der Waals surface area contributed by atoms with Gasteiger partial charge in [-0.2, -0.15) is 5.10 Å². The molecule has 0 aliphatic heterocycles. The highest BCUT2D eigenvalue weighted by atomic mass is 35.5. The van der Waals surface area contributed by atoms with Crippen LogP contribution >= 0.6 is 11.6 Å². The molecule has 0 aliphatic rings. The highest BCUT2D eigenvalue weighted by Gasteiger charge is 2.09. The maximum Gasteiger partial charge on any atom is 0.127 e. The van der Waals surface area contributed by atoms with Gasteiger partial charge in [-0.1, -0.05) is 48.0 Å². The number of hydrogen-bond donors (Lipinski definition) is 1. The Hall–Kier alpha value is -2.26. The lowest BCUT2D eigenvalue weighted by Gasteiger charge is -2.05. The minimum absolute atomic E-state index is 0.587. The molecule has 1 heterocycles. The summed E-state index contributed by atoms with van der Waals surface area (Å²) in [6.45, 7) is 1.97. The number of nitrogens with two attached hydrogens (primary N) is 1. The Bertz CT molecular complexity index is 748. The highest BCUT2D eigenvalue weighted by molar-refractivity contribution is 6.31. The Morgan fingerprint density at radius 2 is 1.80 bits per heavy atom. The van der Waals surface area contributed by atoms with Gasteiger partial charge in [0.1, 0.15) is 5.82 Å². The molecular formula is C16H14ClN3. The van der Waals surface area contributed by atoms with Crippen molar-refractivity contribution in [1.82, 2.24) is 9.78 Å². The Morgan fingerprint density at radius 1 is 1.05 bits per heavy atom. The van der Waals surface area contributed by atoms with E-state index in [1.54, 1.807) is 4.68 Å². The van der Waals surface area contributed by atoms with Crippen LogP contribution < -0.4 is 5.73 Å². The van der Waals surface area contributed by atoms with E-state index in [-0.39, 0.29) is 0 Å². The van der Waals surface area contributed by atoms with Gasteiger partial charge in [-0.3, -0.25) is 0 Å². The number of aromatic nitrogens is 2. The van der Waals surface area contributed by atoms with Crippen LogP contribution in [0.25, 0.3) is 16.9 Å². The summed E-state index contributed by atoms with van der Waals surface area (Å²) in [4.78, 5) is 0. The quantitative estimate of drug-likeness (QED) is 0.770. The van der Waals surface area contributed by atoms with E-state index < -0.39 is 0 Å². The van der Waals surface area contributed by atoms with Crippen molar-refractivity contribution in [2.45, 2.75) is 6.92 Å². The van der Waals surface area contributed by atoms with Gasteiger partial charge in [0.15, 0.2) is 0 Å². The van der Waals surface area contributed by atoms with E-state index >= 15 is 0 Å². The third-order valence-corrected chi connectivity index (χ3v) is 3.61. The average Bonchev–Trinajstić information content (AvgIpc) is 2.85. The highest BCUT2D eigenvalue weighted by Crippen LogP contribution is 2.25. The molecule has 2 N–H and O–H groups in total. The molecule has 0 saturated heterocycles. The molecule has 0 bridgehead atoms. The van der Waals surface area contributed by atoms with E-state index in [9.17, 15) is 0 Å². The van der Waals surface area contributed by atoms with Gasteiger partial charge in [-0.05, 0) is 24.6 Å². The van der Waals surface area contributed by atoms with E-state index in [2.05, 4.69) is 5.10 Å². The summed E-state index contributed by atoms with van der Waals surface area (Å²) in [5.41, 5.74) is 9.83. The molecule has 0 spiro atoms. The number of benzene rings is 2. The van der Waals surface area contributed by atoms with Gasteiger partial charge in [0.05, 0.1) is 11.4 Å². The maximum absolute atomic E-state index is 6.16. The van der Waals surface area contributed by atoms with Crippen LogP contribution in [0.15, 0.2) is 54.6 Å². The van der Waals surface area contributed by atoms with Gasteiger partial charge in [0, 0.05) is 16.7 Å². The van der Waals surface area contributed by atoms with Gasteiger partial charge in [-0.25, -0.2) is 4.68 Å². The van der Waals surface area contributed by atoms with Gasteiger partial charge in [0.25, 0.3) is 0 Å². The first-order valence-corrected chi connectivity index (χ1v) is 6.70. The van der Waals surface area contributed by atoms with Crippen LogP contribution in [0.3, 0.4) is 0 Å². The molecule has 3 rings (SSSR count). The van der Waals surface area contributed by atoms with Crippen molar-refractivity contribution < 1.29 is 0 Å². The number of rotatable bonds is 2. The number of hydrogen-bond acceptors (Lipinski definition) is 2. The third-order valence-electron chi connectivity index (χ3n) is 3.21. The summed E-state index contributed by atoms with van der Waals surface area (Å²) in [6.07, 6.45) is 0. The van der Waals surface area contributed by atoms with Gasteiger partial charge >= 0.3 is 0 Å². The summed E-state index contributed by atoms with van der Waals surface area (Å²) in [7, 11) is 0. The second kappa shape index (κ2) is 5.02. The molecule has 2 aromatic carbocycles. The summed E-state index contributed by atoms with van der Waals surface area (Å²) in [6, 6.07) is 17.6. The largest absolute Gasteiger partial charge is 0.384 e. The molecule has 0 unspecified atom stereocenters. The van der Waals surface area contributed by atoms with Crippen LogP contribution in [0.5, 0.6) is 0 Å². The van der Waals surface area contributed by atoms with Gasteiger partial charge < -0.3 is 5.73 Å². The normalized spacial score (nSPS) is 10.7. The van der Waals surface area contributed by atoms with E-state index in [1.807, 2.05) is 61.5 Å². The summed E-state index contributed by atoms with van der Waals surface area (Å²) in [5, 5.41) is 5.26. The first kappa shape index (κ1) is 12.8. The van der Waals surface area contributed by atoms with Crippen molar-refractivity contribution in [3.05, 3.63) is 65.2 Å². The Labute approximate surface area is 122 Å². The van der Waals surface area contributed by atoms with E-state index in [1.165, 1.54) is 0 Å². The molecule has 20 heavy (non-hydrogen) atoms. The first-order valence-electron chi connectivity index (χ1n) is 6.32. The van der Waals surface area contributed by atoms with Gasteiger partial charge in [-0.15, -0.1) is 0 Å². The summed E-state index contributed by atoms with van der Waals surface area (Å²) < 4.78 is 1.70. The van der Waals surface area contributed by atoms with Crippen molar-refractivity contribution in [2.75, 3.05) is 5.73 Å². The van der Waals surface area contributed by atoms with Crippen molar-refractivity contribution in [3.8, 4) is 16.9 Å². The fourth-order valence-corrected chi connectivity index (χ4v) is 2.24. The summed E-state index contributed by atoms with van der Waals surface area (Å²) in [5.74, 6) is 0.587. The molecule has 0 atom stereocenters. The molecule has 0 amide bonds. The Kier molecular flexibility index (Phi) is 3.20. The number of anilines is 1. The van der Waals surface area contributed by atoms with E-state index in [0.717, 1.165) is 22.5 Å². The first-order chi connectivity index (χ1) is 9.65. The zero-order chi connectivity index (χ0) is 14.1. The third kappa shape index (κ3) is 2.28. The van der Waals surface area contributed by atoms with Crippen LogP contribution in [0.4, 0.5) is 5.82 Å². The Morgan fingerprint density at radius 3 is 2.50 bits per heavy atom. The standard InChI is InChI=1S/C16H14ClN3/c1-11-7-8-13(9-14(11)17)20-16(18)10-15(19-20)12-5-3-2-4-6-12/h2-10H,18H2,1H3. The summed E-state index contributed by atoms with van der Waals surface area (Å²) >= 11 is 6.16. The number of aryl methyl sites for hydroxylation is 1. The molecular weight excluding hydrogens is 270 g/mol. The van der Waals surface area contributed by atoms with Gasteiger partial charge in [0.2, 0.25) is 0 Å². The Balaban J connectivity index is 2.07. The molecule has 3 nitrogen and oxygen atoms in total. The zero-order valence-corrected chi connectivity index (χ0v) is 11.8. The van der Waals surface area contributed by atoms with Crippen molar-refractivity contribution in [1.29, 1.82) is 0 Å². The van der Waals surface area contributed by atoms with Crippen molar-refractivity contribution in [2.24, 2.45) is 0 Å². The number of halogens is 1. The lowest BCUT2D eigenvalue weighted by Crippen LogP contribution is -2.01. The molecule has 100 valence electrons. The molecule has 0 radical (unpaired) electrons. The lowest BCUT2D eigenvalue weighted by molar-refractivity contribution is 0.894. The second-order valence-corrected chi connectivity index (χ2v) is 5.07. The topological polar surface area (TPSA) is 43.8 Å². The molecule has 0 saturated carbocycles. The monoisotopic (exact) mass is 283 g/mol. The minimum Gasteiger partial charge on any atom is -0.384 e. The molecule has 0 aliphatic carbocycles. The molecule has 3 aromatic rings. The molecule has 4 heteroatoms. The predicted molar refractivity (Wildman–Crippen MR) is 83.2 cm³/mol. The number of nitrogen functional groups attached to an aromatic ring is 1. The fourth-order valence-electron chi connectivity index (χ4n) is 2.07. The van der Waals surface area contributed by atoms with Crippen molar-refractivity contribution >= 4 is 17.4 Å². The van der Waals surface area contributed by atoms with Crippen LogP contribution in [-0.2, 0) is 0 Å². The zero-order valence-electron chi connectivity index (χ0n) is 11.0. The van der Waals surface area contributed by atoms with E-state index in [0.29, 0.717) is 10.8 Å². The van der Waals surface area contributed by atoms with Crippen LogP contribution in [0, 0.1) is 6.92 Å². The lowest BCUT2D eigenvalue weighted by atomic mass is 10.2. The maximum atomic E-state index is 6.16. The van der Waals surface area contributed by atoms with E-state index in [4.69, 9.17) is 17.3 Å².